The van der Waals surface area contributed by atoms with E-state index in [0.717, 1.165) is 77.9 Å². The normalized spacial score (nSPS) is 12.9. The number of fused-ring (bicyclic) bond motifs is 26. The minimum atomic E-state index is -0.543. The third-order valence-corrected chi connectivity index (χ3v) is 25.3. The van der Waals surface area contributed by atoms with Gasteiger partial charge >= 0.3 is 0 Å². The van der Waals surface area contributed by atoms with Crippen LogP contribution in [0.3, 0.4) is 0 Å². The minimum Gasteiger partial charge on any atom is -0.357 e. The van der Waals surface area contributed by atoms with Gasteiger partial charge in [-0.15, -0.1) is 0 Å². The van der Waals surface area contributed by atoms with Crippen molar-refractivity contribution in [3.63, 3.8) is 0 Å². The van der Waals surface area contributed by atoms with Gasteiger partial charge in [0.25, 0.3) is 0 Å². The molecule has 0 spiro atoms. The summed E-state index contributed by atoms with van der Waals surface area (Å²) in [4.78, 5) is 44.3. The molecule has 123 heavy (non-hydrogen) atoms. The Kier molecular flexibility index (Phi) is 17.1. The summed E-state index contributed by atoms with van der Waals surface area (Å²) in [6, 6.07) is 146. The van der Waals surface area contributed by atoms with Gasteiger partial charge in [-0.1, -0.05) is 340 Å². The van der Waals surface area contributed by atoms with Gasteiger partial charge in [-0.05, 0) is 195 Å². The second-order valence-corrected chi connectivity index (χ2v) is 32.1. The van der Waals surface area contributed by atoms with E-state index in [1.54, 1.807) is 0 Å². The Labute approximate surface area is 720 Å². The monoisotopic (exact) mass is 1620 g/mol. The fourth-order valence-corrected chi connectivity index (χ4v) is 20.2. The first-order valence-corrected chi connectivity index (χ1v) is 41.5. The molecule has 0 atom stereocenters. The molecular formula is C112H72CuN10-2. The van der Waals surface area contributed by atoms with E-state index in [2.05, 4.69) is 327 Å². The Hall–Kier alpha value is -15.5. The maximum absolute atomic E-state index is 4.95. The molecule has 21 aromatic rings. The van der Waals surface area contributed by atoms with Crippen molar-refractivity contribution >= 4 is 111 Å². The van der Waals surface area contributed by atoms with Crippen LogP contribution in [0.2, 0.25) is 0 Å². The molecule has 25 rings (SSSR count). The smallest absolute Gasteiger partial charge is 0.0927 e. The average Bonchev–Trinajstić information content (AvgIpc) is 1.61. The third kappa shape index (κ3) is 11.3. The van der Waals surface area contributed by atoms with Crippen molar-refractivity contribution in [2.45, 2.75) is 24.7 Å². The first-order chi connectivity index (χ1) is 60.3. The van der Waals surface area contributed by atoms with Gasteiger partial charge in [-0.2, -0.15) is 0 Å². The molecule has 10 nitrogen and oxygen atoms in total. The summed E-state index contributed by atoms with van der Waals surface area (Å²) in [5, 5.41) is 10.9. The van der Waals surface area contributed by atoms with Crippen LogP contribution < -0.4 is 19.8 Å². The molecule has 0 amide bonds. The van der Waals surface area contributed by atoms with Crippen molar-refractivity contribution in [2.75, 3.05) is 9.80 Å². The second-order valence-electron chi connectivity index (χ2n) is 32.1. The number of rotatable bonds is 10. The zero-order valence-electron chi connectivity index (χ0n) is 66.9. The molecule has 0 unspecified atom stereocenters. The zero-order valence-corrected chi connectivity index (χ0v) is 67.8. The number of hydrogen-bond donors (Lipinski definition) is 0. The van der Waals surface area contributed by atoms with E-state index in [9.17, 15) is 0 Å². The molecule has 583 valence electrons. The number of anilines is 6. The summed E-state index contributed by atoms with van der Waals surface area (Å²) in [6.45, 7) is 4.40. The Morgan fingerprint density at radius 3 is 0.813 bits per heavy atom. The van der Waals surface area contributed by atoms with Crippen molar-refractivity contribution in [2.24, 2.45) is 0 Å². The van der Waals surface area contributed by atoms with Crippen LogP contribution in [0.4, 0.5) is 34.1 Å². The molecule has 4 aliphatic rings. The molecule has 3 aromatic heterocycles. The fraction of sp³-hybridized carbons (Fsp3) is 0.0357. The van der Waals surface area contributed by atoms with Gasteiger partial charge in [0.15, 0.2) is 0 Å². The van der Waals surface area contributed by atoms with Crippen LogP contribution in [0.5, 0.6) is 0 Å². The maximum atomic E-state index is 4.95. The van der Waals surface area contributed by atoms with Crippen molar-refractivity contribution < 1.29 is 17.1 Å². The number of aromatic nitrogens is 8. The quantitative estimate of drug-likeness (QED) is 0.0969. The Morgan fingerprint density at radius 2 is 0.488 bits per heavy atom. The van der Waals surface area contributed by atoms with E-state index >= 15 is 0 Å². The molecule has 8 bridgehead atoms. The first-order valence-electron chi connectivity index (χ1n) is 41.5. The summed E-state index contributed by atoms with van der Waals surface area (Å²) in [6.07, 6.45) is 0. The summed E-state index contributed by atoms with van der Waals surface area (Å²) >= 11 is 0. The summed E-state index contributed by atoms with van der Waals surface area (Å²) in [5.74, 6) is 2.21. The van der Waals surface area contributed by atoms with E-state index < -0.39 is 10.8 Å². The van der Waals surface area contributed by atoms with E-state index in [-0.39, 0.29) is 17.1 Å². The number of nitrogens with zero attached hydrogens (tertiary/aromatic N) is 10. The molecule has 0 saturated carbocycles. The molecule has 1 radical (unpaired) electrons. The molecular weight excluding hydrogens is 1550 g/mol. The van der Waals surface area contributed by atoms with Gasteiger partial charge in [0.05, 0.1) is 45.5 Å². The predicted octanol–water partition coefficient (Wildman–Crippen LogP) is 27.0. The van der Waals surface area contributed by atoms with Crippen LogP contribution in [-0.4, -0.2) is 29.9 Å². The average molecular weight is 1620 g/mol. The van der Waals surface area contributed by atoms with Crippen LogP contribution >= 0.6 is 0 Å². The molecule has 5 heterocycles. The predicted molar refractivity (Wildman–Crippen MR) is 498 cm³/mol. The van der Waals surface area contributed by atoms with Crippen molar-refractivity contribution in [1.82, 2.24) is 39.9 Å². The van der Waals surface area contributed by atoms with Crippen molar-refractivity contribution in [3.05, 3.63) is 456 Å². The standard InChI is InChI=1S/C80H56N2.C32H16N8.Cu/c1-53-21-17-29-61(49-53)81(63-31-19-27-59(51-63)79(57-23-5-3-6-24-57)71-37-13-9-33-65(71)66-34-10-14-38-72(66)79)75-47-43-55-42-46-70-76(48-44-56-41-45-69(75)77(55)78(56)70)82(62-30-18-22-54(2)50-62)64-32-20-28-60(52-64)80(58-25-7-4-8-26-58)73-39-15-11-35-67(73)68-36-12-16-40-74(68)80;1-2-10-18-17(9-1)25-33-26(18)38-28-21-13-5-6-14-22(21)30(35-28)40-32-24-16-8-7-15-23(24)31(36-32)39-29-20-12-4-3-11-19(20)27(34-29)37-25;/h3-52H,1-2H3;1-16H;/q;-2;. The van der Waals surface area contributed by atoms with Crippen molar-refractivity contribution in [1.29, 1.82) is 0 Å². The van der Waals surface area contributed by atoms with E-state index in [4.69, 9.17) is 39.9 Å². The van der Waals surface area contributed by atoms with Gasteiger partial charge in [0.2, 0.25) is 0 Å². The topological polar surface area (TPSA) is 112 Å². The summed E-state index contributed by atoms with van der Waals surface area (Å²) in [5.41, 5.74) is 29.1. The summed E-state index contributed by atoms with van der Waals surface area (Å²) in [7, 11) is 0. The molecule has 0 fully saturated rings. The van der Waals surface area contributed by atoms with Crippen molar-refractivity contribution in [3.8, 4) is 67.8 Å². The Morgan fingerprint density at radius 1 is 0.220 bits per heavy atom. The Balaban J connectivity index is 0.000000178. The summed E-state index contributed by atoms with van der Waals surface area (Å²) < 4.78 is 0. The zero-order chi connectivity index (χ0) is 80.7. The number of hydrogen-bond acceptors (Lipinski definition) is 8. The molecule has 11 heteroatoms. The van der Waals surface area contributed by atoms with Crippen LogP contribution in [0.1, 0.15) is 55.6 Å². The molecule has 2 aliphatic heterocycles. The van der Waals surface area contributed by atoms with Gasteiger partial charge < -0.3 is 39.7 Å². The number of benzene rings is 18. The fourth-order valence-electron chi connectivity index (χ4n) is 20.2. The van der Waals surface area contributed by atoms with E-state index in [0.29, 0.717) is 45.9 Å². The second kappa shape index (κ2) is 28.9. The van der Waals surface area contributed by atoms with Gasteiger partial charge in [0.1, 0.15) is 0 Å². The molecule has 18 aromatic carbocycles. The van der Waals surface area contributed by atoms with E-state index in [1.165, 1.54) is 110 Å². The molecule has 2 aliphatic carbocycles. The van der Waals surface area contributed by atoms with Gasteiger partial charge in [0, 0.05) is 95.4 Å². The van der Waals surface area contributed by atoms with Gasteiger partial charge in [-0.25, -0.2) is 9.97 Å². The molecule has 0 saturated heterocycles. The third-order valence-electron chi connectivity index (χ3n) is 25.3. The van der Waals surface area contributed by atoms with Crippen LogP contribution in [0.15, 0.2) is 400 Å². The minimum absolute atomic E-state index is 0. The Bertz CT molecular complexity index is 7330. The maximum Gasteiger partial charge on any atom is 0.0927 e. The van der Waals surface area contributed by atoms with E-state index in [1.807, 2.05) is 97.1 Å². The largest absolute Gasteiger partial charge is 0.357 e. The first kappa shape index (κ1) is 72.7. The molecule has 0 N–H and O–H groups in total. The van der Waals surface area contributed by atoms with Gasteiger partial charge in [-0.3, -0.25) is 0 Å². The van der Waals surface area contributed by atoms with Crippen LogP contribution in [-0.2, 0) is 27.9 Å². The van der Waals surface area contributed by atoms with Crippen LogP contribution in [0, 0.1) is 13.8 Å². The number of aryl methyl sites for hydroxylation is 2. The SMILES string of the molecule is Cc1cccc(N(c2cccc(C3(c4ccccc4)c4ccccc4-c4ccccc43)c2)c2ccc3ccc4c(N(c5cccc(C)c5)c5cccc(C6(c7ccccc7)c7ccccc7-c7ccccc76)c5)ccc5ccc2c3c54)c1.[Cu].c1ccc2c(c1)-c1nc-2nc2[n-]c(nc3nc(nc4[n-]c(n1)c1ccccc41)-c1ccccc1-3)c1ccccc21. The van der Waals surface area contributed by atoms with Crippen LogP contribution in [0.25, 0.3) is 144 Å².